The fraction of sp³-hybridized carbons (Fsp3) is 0. The Morgan fingerprint density at radius 1 is 1.43 bits per heavy atom. The summed E-state index contributed by atoms with van der Waals surface area (Å²) in [6.07, 6.45) is 3.35. The van der Waals surface area contributed by atoms with E-state index in [1.165, 1.54) is 12.1 Å². The minimum absolute atomic E-state index is 0.0259. The van der Waals surface area contributed by atoms with Gasteiger partial charge in [0.25, 0.3) is 0 Å². The number of hydrogen-bond acceptors (Lipinski definition) is 2. The number of benzene rings is 1. The number of rotatable bonds is 1. The van der Waals surface area contributed by atoms with E-state index in [0.717, 1.165) is 0 Å². The molecule has 68 valence electrons. The molecule has 0 atom stereocenters. The second-order valence-corrected chi connectivity index (χ2v) is 2.73. The molecule has 0 fully saturated rings. The SMILES string of the molecule is N#Cc1cc(-n2cccn2)ccc1F. The lowest BCUT2D eigenvalue weighted by Crippen LogP contribution is -1.95. The van der Waals surface area contributed by atoms with Gasteiger partial charge in [-0.3, -0.25) is 0 Å². The quantitative estimate of drug-likeness (QED) is 0.684. The van der Waals surface area contributed by atoms with Crippen LogP contribution in [-0.2, 0) is 0 Å². The van der Waals surface area contributed by atoms with Crippen molar-refractivity contribution >= 4 is 0 Å². The highest BCUT2D eigenvalue weighted by Gasteiger charge is 2.03. The molecule has 0 amide bonds. The summed E-state index contributed by atoms with van der Waals surface area (Å²) < 4.78 is 14.5. The van der Waals surface area contributed by atoms with Crippen molar-refractivity contribution in [2.24, 2.45) is 0 Å². The van der Waals surface area contributed by atoms with Crippen LogP contribution >= 0.6 is 0 Å². The van der Waals surface area contributed by atoms with Gasteiger partial charge in [0, 0.05) is 12.4 Å². The number of halogens is 1. The molecule has 3 nitrogen and oxygen atoms in total. The molecule has 0 aliphatic carbocycles. The van der Waals surface area contributed by atoms with Crippen LogP contribution in [0, 0.1) is 17.1 Å². The smallest absolute Gasteiger partial charge is 0.141 e. The van der Waals surface area contributed by atoms with Crippen LogP contribution in [0.2, 0.25) is 0 Å². The third-order valence-electron chi connectivity index (χ3n) is 1.84. The number of aromatic nitrogens is 2. The maximum atomic E-state index is 13.0. The van der Waals surface area contributed by atoms with Crippen molar-refractivity contribution < 1.29 is 4.39 Å². The molecular weight excluding hydrogens is 181 g/mol. The Balaban J connectivity index is 2.53. The average Bonchev–Trinajstić information content (AvgIpc) is 2.71. The van der Waals surface area contributed by atoms with Gasteiger partial charge in [0.05, 0.1) is 11.3 Å². The summed E-state index contributed by atoms with van der Waals surface area (Å²) in [5.41, 5.74) is 0.700. The van der Waals surface area contributed by atoms with Crippen LogP contribution in [0.15, 0.2) is 36.7 Å². The highest BCUT2D eigenvalue weighted by molar-refractivity contribution is 5.41. The van der Waals surface area contributed by atoms with Crippen molar-refractivity contribution in [3.05, 3.63) is 48.0 Å². The summed E-state index contributed by atoms with van der Waals surface area (Å²) in [4.78, 5) is 0. The van der Waals surface area contributed by atoms with Crippen molar-refractivity contribution in [1.82, 2.24) is 9.78 Å². The fourth-order valence-electron chi connectivity index (χ4n) is 1.16. The average molecular weight is 187 g/mol. The standard InChI is InChI=1S/C10H6FN3/c11-10-3-2-9(6-8(10)7-12)14-5-1-4-13-14/h1-6H. The van der Waals surface area contributed by atoms with Gasteiger partial charge in [-0.15, -0.1) is 0 Å². The normalized spacial score (nSPS) is 9.71. The lowest BCUT2D eigenvalue weighted by Gasteiger charge is -2.01. The van der Waals surface area contributed by atoms with Gasteiger partial charge >= 0.3 is 0 Å². The van der Waals surface area contributed by atoms with Gasteiger partial charge in [0.2, 0.25) is 0 Å². The van der Waals surface area contributed by atoms with Crippen LogP contribution in [0.25, 0.3) is 5.69 Å². The summed E-state index contributed by atoms with van der Waals surface area (Å²) in [6.45, 7) is 0. The predicted molar refractivity (Wildman–Crippen MR) is 48.2 cm³/mol. The van der Waals surface area contributed by atoms with Gasteiger partial charge in [-0.1, -0.05) is 0 Å². The summed E-state index contributed by atoms with van der Waals surface area (Å²) >= 11 is 0. The van der Waals surface area contributed by atoms with E-state index in [4.69, 9.17) is 5.26 Å². The molecule has 14 heavy (non-hydrogen) atoms. The highest BCUT2D eigenvalue weighted by atomic mass is 19.1. The molecule has 1 aromatic carbocycles. The van der Waals surface area contributed by atoms with E-state index in [1.54, 1.807) is 35.3 Å². The van der Waals surface area contributed by atoms with E-state index in [9.17, 15) is 4.39 Å². The Kier molecular flexibility index (Phi) is 1.99. The molecule has 1 aromatic heterocycles. The van der Waals surface area contributed by atoms with E-state index in [-0.39, 0.29) is 5.56 Å². The molecule has 0 aliphatic rings. The zero-order valence-electron chi connectivity index (χ0n) is 7.18. The van der Waals surface area contributed by atoms with Crippen molar-refractivity contribution in [3.63, 3.8) is 0 Å². The lowest BCUT2D eigenvalue weighted by atomic mass is 10.2. The molecule has 2 aromatic rings. The van der Waals surface area contributed by atoms with Crippen LogP contribution in [0.3, 0.4) is 0 Å². The predicted octanol–water partition coefficient (Wildman–Crippen LogP) is 1.88. The maximum absolute atomic E-state index is 13.0. The Morgan fingerprint density at radius 2 is 2.29 bits per heavy atom. The Bertz CT molecular complexity index is 483. The van der Waals surface area contributed by atoms with Gasteiger partial charge in [-0.05, 0) is 24.3 Å². The third-order valence-corrected chi connectivity index (χ3v) is 1.84. The second kappa shape index (κ2) is 3.30. The van der Waals surface area contributed by atoms with Crippen molar-refractivity contribution in [2.75, 3.05) is 0 Å². The zero-order valence-corrected chi connectivity index (χ0v) is 7.18. The molecule has 0 aliphatic heterocycles. The number of nitriles is 1. The van der Waals surface area contributed by atoms with Gasteiger partial charge in [-0.2, -0.15) is 10.4 Å². The molecule has 2 rings (SSSR count). The van der Waals surface area contributed by atoms with E-state index >= 15 is 0 Å². The minimum Gasteiger partial charge on any atom is -0.241 e. The van der Waals surface area contributed by atoms with Gasteiger partial charge < -0.3 is 0 Å². The molecular formula is C10H6FN3. The molecule has 4 heteroatoms. The monoisotopic (exact) mass is 187 g/mol. The van der Waals surface area contributed by atoms with Crippen molar-refractivity contribution in [1.29, 1.82) is 5.26 Å². The van der Waals surface area contributed by atoms with Crippen LogP contribution in [0.5, 0.6) is 0 Å². The fourth-order valence-corrected chi connectivity index (χ4v) is 1.16. The van der Waals surface area contributed by atoms with Crippen molar-refractivity contribution in [2.45, 2.75) is 0 Å². The first kappa shape index (κ1) is 8.45. The van der Waals surface area contributed by atoms with Crippen molar-refractivity contribution in [3.8, 4) is 11.8 Å². The van der Waals surface area contributed by atoms with E-state index < -0.39 is 5.82 Å². The summed E-state index contributed by atoms with van der Waals surface area (Å²) in [6, 6.07) is 7.83. The van der Waals surface area contributed by atoms with Gasteiger partial charge in [0.1, 0.15) is 11.9 Å². The largest absolute Gasteiger partial charge is 0.241 e. The third kappa shape index (κ3) is 1.36. The van der Waals surface area contributed by atoms with Gasteiger partial charge in [0.15, 0.2) is 0 Å². The number of hydrogen-bond donors (Lipinski definition) is 0. The maximum Gasteiger partial charge on any atom is 0.141 e. The summed E-state index contributed by atoms with van der Waals surface area (Å²) in [5.74, 6) is -0.511. The lowest BCUT2D eigenvalue weighted by molar-refractivity contribution is 0.623. The van der Waals surface area contributed by atoms with Crippen LogP contribution in [0.4, 0.5) is 4.39 Å². The van der Waals surface area contributed by atoms with Crippen LogP contribution in [-0.4, -0.2) is 9.78 Å². The summed E-state index contributed by atoms with van der Waals surface area (Å²) in [5, 5.41) is 12.6. The number of nitrogens with zero attached hydrogens (tertiary/aromatic N) is 3. The molecule has 0 spiro atoms. The molecule has 0 unspecified atom stereocenters. The van der Waals surface area contributed by atoms with E-state index in [1.807, 2.05) is 0 Å². The molecule has 0 saturated carbocycles. The first-order chi connectivity index (χ1) is 6.81. The van der Waals surface area contributed by atoms with E-state index in [0.29, 0.717) is 5.69 Å². The van der Waals surface area contributed by atoms with Crippen LogP contribution < -0.4 is 0 Å². The van der Waals surface area contributed by atoms with E-state index in [2.05, 4.69) is 5.10 Å². The second-order valence-electron chi connectivity index (χ2n) is 2.73. The highest BCUT2D eigenvalue weighted by Crippen LogP contribution is 2.12. The molecule has 0 N–H and O–H groups in total. The topological polar surface area (TPSA) is 41.6 Å². The Labute approximate surface area is 80.0 Å². The Hall–Kier alpha value is -2.15. The molecule has 0 radical (unpaired) electrons. The Morgan fingerprint density at radius 3 is 2.93 bits per heavy atom. The zero-order chi connectivity index (χ0) is 9.97. The minimum atomic E-state index is -0.511. The molecule has 0 bridgehead atoms. The molecule has 0 saturated heterocycles. The molecule has 1 heterocycles. The first-order valence-corrected chi connectivity index (χ1v) is 4.01. The van der Waals surface area contributed by atoms with Gasteiger partial charge in [-0.25, -0.2) is 9.07 Å². The summed E-state index contributed by atoms with van der Waals surface area (Å²) in [7, 11) is 0. The van der Waals surface area contributed by atoms with Crippen LogP contribution in [0.1, 0.15) is 5.56 Å². The first-order valence-electron chi connectivity index (χ1n) is 4.01.